The molecule has 4 unspecified atom stereocenters. The SMILES string of the molecule is COc1cc(S(=O)(=O)C(C)OS(=O)(=O)O)c(C)cc1N=Nc1c(S(=O)(=O)O)cc2cc(SOOO)cc(Nc3nc(Cl)nc(NCC(C)Nc4nc(Cl)nc(Nc5cc(S(=O)(=O)O)cc6cc(SOOO)c(N=Nc7ccc8cc(C9CC9OS(=O)(=O)O)ccc8c7S(=O)(=O)O)c(O)c56)n4)n3)c2c1O. The zero-order chi connectivity index (χ0) is 75.9. The van der Waals surface area contributed by atoms with Crippen molar-refractivity contribution in [1.82, 2.24) is 29.9 Å². The van der Waals surface area contributed by atoms with Gasteiger partial charge >= 0.3 is 20.8 Å². The fourth-order valence-electron chi connectivity index (χ4n) is 10.1. The van der Waals surface area contributed by atoms with Gasteiger partial charge in [-0.25, -0.2) is 27.3 Å². The molecule has 104 heavy (non-hydrogen) atoms. The first-order valence-electron chi connectivity index (χ1n) is 28.0. The number of hydrogen-bond donors (Lipinski definition) is 13. The zero-order valence-corrected chi connectivity index (χ0v) is 60.0. The third kappa shape index (κ3) is 18.4. The van der Waals surface area contributed by atoms with Gasteiger partial charge in [-0.3, -0.25) is 22.8 Å². The minimum Gasteiger partial charge on any atom is -0.505 e. The lowest BCUT2D eigenvalue weighted by Gasteiger charge is -2.17. The Morgan fingerprint density at radius 2 is 1.20 bits per heavy atom. The number of fused-ring (bicyclic) bond motifs is 3. The maximum absolute atomic E-state index is 13.3. The molecule has 0 bridgehead atoms. The summed E-state index contributed by atoms with van der Waals surface area (Å²) in [4.78, 5) is 21.4. The molecule has 10 rings (SSSR count). The van der Waals surface area contributed by atoms with Gasteiger partial charge in [0.2, 0.25) is 44.2 Å². The number of rotatable bonds is 30. The van der Waals surface area contributed by atoms with E-state index < -0.39 is 155 Å². The van der Waals surface area contributed by atoms with E-state index in [0.29, 0.717) is 17.6 Å². The summed E-state index contributed by atoms with van der Waals surface area (Å²) >= 11 is 13.3. The van der Waals surface area contributed by atoms with Gasteiger partial charge in [0.25, 0.3) is 30.4 Å². The van der Waals surface area contributed by atoms with Crippen LogP contribution in [0.3, 0.4) is 0 Å². The van der Waals surface area contributed by atoms with Crippen LogP contribution in [0.15, 0.2) is 129 Å². The number of phenolic OH excluding ortho intramolecular Hbond substituents is 2. The van der Waals surface area contributed by atoms with E-state index in [1.54, 1.807) is 6.92 Å². The lowest BCUT2D eigenvalue weighted by molar-refractivity contribution is -0.432. The highest BCUT2D eigenvalue weighted by molar-refractivity contribution is 7.95. The number of hydrogen-bond acceptors (Lipinski definition) is 39. The molecular weight excluding hydrogens is 1600 g/mol. The molecule has 554 valence electrons. The van der Waals surface area contributed by atoms with Crippen molar-refractivity contribution < 1.29 is 126 Å². The Bertz CT molecular complexity index is 5770. The van der Waals surface area contributed by atoms with Gasteiger partial charge in [-0.05, 0) is 126 Å². The van der Waals surface area contributed by atoms with Crippen LogP contribution in [0.25, 0.3) is 32.3 Å². The van der Waals surface area contributed by atoms with Crippen LogP contribution in [0.1, 0.15) is 37.3 Å². The van der Waals surface area contributed by atoms with E-state index in [2.05, 4.69) is 98.7 Å². The van der Waals surface area contributed by atoms with Crippen LogP contribution in [0.5, 0.6) is 17.2 Å². The number of nitrogens with zero attached hydrogens (tertiary/aromatic N) is 10. The van der Waals surface area contributed by atoms with E-state index in [1.807, 2.05) is 0 Å². The largest absolute Gasteiger partial charge is 0.505 e. The predicted octanol–water partition coefficient (Wildman–Crippen LogP) is 9.99. The van der Waals surface area contributed by atoms with Crippen molar-refractivity contribution in [2.24, 2.45) is 20.5 Å². The summed E-state index contributed by atoms with van der Waals surface area (Å²) in [6.07, 6.45) is -0.712. The quantitative estimate of drug-likeness (QED) is 0.00654. The number of aromatic nitrogens is 6. The van der Waals surface area contributed by atoms with Crippen molar-refractivity contribution in [3.05, 3.63) is 101 Å². The van der Waals surface area contributed by atoms with Crippen LogP contribution in [0, 0.1) is 6.92 Å². The van der Waals surface area contributed by atoms with Crippen LogP contribution < -0.4 is 26.0 Å². The lowest BCUT2D eigenvalue weighted by atomic mass is 10.0. The molecule has 0 radical (unpaired) electrons. The molecule has 4 atom stereocenters. The lowest BCUT2D eigenvalue weighted by Crippen LogP contribution is -2.27. The number of methoxy groups -OCH3 is 1. The topological polar surface area (TPSA) is 626 Å². The first kappa shape index (κ1) is 78.2. The second-order valence-electron chi connectivity index (χ2n) is 21.5. The molecule has 52 heteroatoms. The molecule has 0 spiro atoms. The molecule has 13 N–H and O–H groups in total. The molecule has 0 aliphatic heterocycles. The Balaban J connectivity index is 0.925. The molecule has 0 saturated heterocycles. The predicted molar refractivity (Wildman–Crippen MR) is 363 cm³/mol. The highest BCUT2D eigenvalue weighted by atomic mass is 35.5. The zero-order valence-electron chi connectivity index (χ0n) is 52.0. The van der Waals surface area contributed by atoms with Crippen molar-refractivity contribution >= 4 is 199 Å². The van der Waals surface area contributed by atoms with Crippen LogP contribution in [-0.4, -0.2) is 155 Å². The number of anilines is 6. The highest BCUT2D eigenvalue weighted by Gasteiger charge is 2.43. The van der Waals surface area contributed by atoms with E-state index in [0.717, 1.165) is 56.5 Å². The summed E-state index contributed by atoms with van der Waals surface area (Å²) in [6, 6.07) is 14.0. The molecule has 9 aromatic rings. The smallest absolute Gasteiger partial charge is 0.398 e. The fraction of sp³-hybridized carbons (Fsp3) is 0.192. The minimum absolute atomic E-state index is 0.00844. The van der Waals surface area contributed by atoms with Gasteiger partial charge < -0.3 is 36.2 Å². The summed E-state index contributed by atoms with van der Waals surface area (Å²) in [5.74, 6) is -4.10. The summed E-state index contributed by atoms with van der Waals surface area (Å²) in [6.45, 7) is 3.51. The van der Waals surface area contributed by atoms with Gasteiger partial charge in [0.15, 0.2) is 16.9 Å². The Kier molecular flexibility index (Phi) is 23.0. The third-order valence-corrected chi connectivity index (χ3v) is 21.7. The Morgan fingerprint density at radius 1 is 0.606 bits per heavy atom. The Labute approximate surface area is 603 Å². The van der Waals surface area contributed by atoms with Crippen molar-refractivity contribution in [2.75, 3.05) is 34.9 Å². The van der Waals surface area contributed by atoms with Crippen molar-refractivity contribution in [2.45, 2.75) is 80.1 Å². The van der Waals surface area contributed by atoms with Gasteiger partial charge in [-0.2, -0.15) is 72.0 Å². The molecule has 2 aromatic heterocycles. The second-order valence-corrected chi connectivity index (χ2v) is 32.1. The standard InChI is InChI=1S/C52H46Cl2N14O28S8/c1-20-9-32(36(90-4)18-38(20)99(73,74)22(3)91-103(84,85)86)66-68-43-39(101(78,79)80)14-25-11-27(97-95-93-71)15-33(40(25)45(43)70)57-51-61-47(53)59-49(63-51)55-19-21(2)56-50-60-48(54)62-52(64-50)58-34-16-28(100(75,76)77)12-26-13-37(98-96-94-72)42(44(69)41(26)34)67-65-31-8-6-23-10-24(30-17-35(30)92-104(87,88)89)5-7-29(23)46(31)102(81,82)83/h5-16,18,21-22,30,35,69-72H,17,19H2,1-4H3,(H,75,76,77)(H,78,79,80)(H,81,82,83)(H,84,85,86)(H,87,88,89)(H2,55,57,59,61,63)(H2,56,58,60,62,64). The average Bonchev–Trinajstić information content (AvgIpc) is 1.58. The summed E-state index contributed by atoms with van der Waals surface area (Å²) in [5, 5.41) is 75.0. The van der Waals surface area contributed by atoms with E-state index in [9.17, 15) is 74.4 Å². The van der Waals surface area contributed by atoms with E-state index >= 15 is 0 Å². The molecule has 7 aromatic carbocycles. The highest BCUT2D eigenvalue weighted by Crippen LogP contribution is 2.51. The number of ether oxygens (including phenoxy) is 1. The van der Waals surface area contributed by atoms with E-state index in [-0.39, 0.29) is 108 Å². The number of aryl methyl sites for hydroxylation is 1. The van der Waals surface area contributed by atoms with Crippen LogP contribution in [-0.2, 0) is 88.1 Å². The summed E-state index contributed by atoms with van der Waals surface area (Å²) in [7, 11) is -29.2. The number of halogens is 2. The molecule has 1 saturated carbocycles. The summed E-state index contributed by atoms with van der Waals surface area (Å²) < 4.78 is 222. The first-order valence-corrected chi connectivity index (χ1v) is 38.9. The Hall–Kier alpha value is -8.40. The normalized spacial score (nSPS) is 15.3. The van der Waals surface area contributed by atoms with E-state index in [1.165, 1.54) is 43.3 Å². The van der Waals surface area contributed by atoms with Crippen molar-refractivity contribution in [3.8, 4) is 17.2 Å². The summed E-state index contributed by atoms with van der Waals surface area (Å²) in [5.41, 5.74) is -4.71. The molecule has 0 amide bonds. The number of nitrogens with one attached hydrogen (secondary N) is 4. The van der Waals surface area contributed by atoms with Crippen molar-refractivity contribution in [1.29, 1.82) is 0 Å². The van der Waals surface area contributed by atoms with Gasteiger partial charge in [0, 0.05) is 45.6 Å². The van der Waals surface area contributed by atoms with Gasteiger partial charge in [-0.1, -0.05) is 34.3 Å². The average molecular weight is 1640 g/mol. The van der Waals surface area contributed by atoms with Gasteiger partial charge in [0.05, 0.1) is 63.4 Å². The van der Waals surface area contributed by atoms with Crippen LogP contribution in [0.4, 0.5) is 57.9 Å². The number of aromatic hydroxyl groups is 2. The molecular formula is C52H46Cl2N14O28S8. The van der Waals surface area contributed by atoms with Crippen LogP contribution in [0.2, 0.25) is 10.6 Å². The molecule has 2 heterocycles. The number of azo groups is 2. The molecule has 1 aliphatic carbocycles. The van der Waals surface area contributed by atoms with Crippen LogP contribution >= 0.6 is 47.3 Å². The maximum Gasteiger partial charge on any atom is 0.398 e. The van der Waals surface area contributed by atoms with Gasteiger partial charge in [0.1, 0.15) is 38.3 Å². The number of sulfone groups is 1. The third-order valence-electron chi connectivity index (χ3n) is 14.4. The minimum atomic E-state index is -5.33. The molecule has 1 aliphatic rings. The van der Waals surface area contributed by atoms with Gasteiger partial charge in [-0.15, -0.1) is 29.1 Å². The maximum atomic E-state index is 13.3. The molecule has 42 nitrogen and oxygen atoms in total. The van der Waals surface area contributed by atoms with E-state index in [4.69, 9.17) is 47.6 Å². The second kappa shape index (κ2) is 30.6. The number of phenols is 2. The molecule has 1 fully saturated rings. The first-order chi connectivity index (χ1) is 48.6. The Morgan fingerprint density at radius 3 is 1.82 bits per heavy atom. The monoisotopic (exact) mass is 1640 g/mol. The fourth-order valence-corrected chi connectivity index (χ4v) is 16.1. The van der Waals surface area contributed by atoms with Crippen molar-refractivity contribution in [3.63, 3.8) is 0 Å². The number of benzene rings is 7.